The molecule has 1 nitrogen and oxygen atoms in total. The van der Waals surface area contributed by atoms with Crippen LogP contribution < -0.4 is 0 Å². The van der Waals surface area contributed by atoms with Crippen LogP contribution >= 0.6 is 0 Å². The van der Waals surface area contributed by atoms with Crippen LogP contribution in [0.25, 0.3) is 0 Å². The molecule has 0 spiro atoms. The number of aliphatic imine (C=N–C) groups is 1. The van der Waals surface area contributed by atoms with E-state index in [1.165, 1.54) is 6.08 Å². The van der Waals surface area contributed by atoms with Gasteiger partial charge in [-0.3, -0.25) is 0 Å². The average Bonchev–Trinajstić information content (AvgIpc) is 2.00. The van der Waals surface area contributed by atoms with E-state index in [1.54, 1.807) is 6.08 Å². The third kappa shape index (κ3) is 4.99. The molecule has 0 amide bonds. The number of alkyl halides is 1. The van der Waals surface area contributed by atoms with Gasteiger partial charge in [0.15, 0.2) is 6.80 Å². The van der Waals surface area contributed by atoms with Crippen LogP contribution in [0.5, 0.6) is 0 Å². The van der Waals surface area contributed by atoms with Gasteiger partial charge in [-0.1, -0.05) is 26.8 Å². The number of hydrogen-bond donors (Lipinski definition) is 0. The molecule has 1 atom stereocenters. The van der Waals surface area contributed by atoms with Gasteiger partial charge in [-0.15, -0.1) is 0 Å². The molecule has 0 saturated carbocycles. The highest BCUT2D eigenvalue weighted by Crippen LogP contribution is 2.10. The molecule has 3 heteroatoms. The van der Waals surface area contributed by atoms with Crippen LogP contribution in [0.1, 0.15) is 20.8 Å². The molecule has 12 heavy (non-hydrogen) atoms. The lowest BCUT2D eigenvalue weighted by atomic mass is 9.98. The molecule has 0 bridgehead atoms. The van der Waals surface area contributed by atoms with E-state index in [1.807, 2.05) is 20.8 Å². The van der Waals surface area contributed by atoms with Crippen molar-refractivity contribution in [2.45, 2.75) is 20.8 Å². The van der Waals surface area contributed by atoms with Gasteiger partial charge in [-0.05, 0) is 17.9 Å². The van der Waals surface area contributed by atoms with Crippen molar-refractivity contribution in [1.29, 1.82) is 0 Å². The first-order valence-corrected chi connectivity index (χ1v) is 4.02. The third-order valence-electron chi connectivity index (χ3n) is 1.80. The van der Waals surface area contributed by atoms with Gasteiger partial charge >= 0.3 is 0 Å². The molecule has 0 aliphatic rings. The first kappa shape index (κ1) is 11.3. The fourth-order valence-electron chi connectivity index (χ4n) is 0.563. The van der Waals surface area contributed by atoms with E-state index in [4.69, 9.17) is 0 Å². The smallest absolute Gasteiger partial charge is 0.210 e. The third-order valence-corrected chi connectivity index (χ3v) is 1.80. The molecule has 0 aromatic rings. The Hall–Kier alpha value is -0.730. The second kappa shape index (κ2) is 5.86. The molecule has 0 aliphatic carbocycles. The maximum Gasteiger partial charge on any atom is 0.210 e. The summed E-state index contributed by atoms with van der Waals surface area (Å²) in [4.78, 5) is 2.95. The van der Waals surface area contributed by atoms with E-state index >= 15 is 0 Å². The van der Waals surface area contributed by atoms with Gasteiger partial charge in [0, 0.05) is 0 Å². The van der Waals surface area contributed by atoms with Crippen LogP contribution in [0, 0.1) is 11.8 Å². The standard InChI is InChI=1S/C9H15F2N/c1-7(2)8(3)4-5-9(11)12-6-10/h4-5,7-8H,6H2,1-3H3/b5-4-,12-9?. The van der Waals surface area contributed by atoms with Gasteiger partial charge in [-0.25, -0.2) is 9.38 Å². The molecule has 0 saturated heterocycles. The van der Waals surface area contributed by atoms with Gasteiger partial charge in [0.1, 0.15) is 0 Å². The first-order chi connectivity index (χ1) is 5.57. The van der Waals surface area contributed by atoms with Crippen LogP contribution in [0.4, 0.5) is 8.78 Å². The number of hydrogen-bond acceptors (Lipinski definition) is 1. The first-order valence-electron chi connectivity index (χ1n) is 4.02. The van der Waals surface area contributed by atoms with Crippen molar-refractivity contribution in [3.63, 3.8) is 0 Å². The second-order valence-corrected chi connectivity index (χ2v) is 3.06. The number of halogens is 2. The monoisotopic (exact) mass is 175 g/mol. The normalized spacial score (nSPS) is 16.0. The molecule has 0 rings (SSSR count). The number of rotatable bonds is 4. The fourth-order valence-corrected chi connectivity index (χ4v) is 0.563. The lowest BCUT2D eigenvalue weighted by Crippen LogP contribution is -2.00. The molecule has 0 aromatic heterocycles. The summed E-state index contributed by atoms with van der Waals surface area (Å²) in [5.74, 6) is -0.00464. The van der Waals surface area contributed by atoms with Crippen LogP contribution in [0.2, 0.25) is 0 Å². The highest BCUT2D eigenvalue weighted by molar-refractivity contribution is 5.86. The summed E-state index contributed by atoms with van der Waals surface area (Å²) in [6.45, 7) is 5.06. The summed E-state index contributed by atoms with van der Waals surface area (Å²) in [5.41, 5.74) is 0. The summed E-state index contributed by atoms with van der Waals surface area (Å²) in [6, 6.07) is 0. The van der Waals surface area contributed by atoms with Crippen molar-refractivity contribution in [3.8, 4) is 0 Å². The molecular weight excluding hydrogens is 160 g/mol. The Bertz CT molecular complexity index is 173. The Labute approximate surface area is 72.2 Å². The Morgan fingerprint density at radius 3 is 2.42 bits per heavy atom. The van der Waals surface area contributed by atoms with Crippen molar-refractivity contribution >= 4 is 5.97 Å². The zero-order valence-electron chi connectivity index (χ0n) is 7.72. The lowest BCUT2D eigenvalue weighted by molar-refractivity contribution is 0.502. The minimum Gasteiger partial charge on any atom is -0.225 e. The predicted octanol–water partition coefficient (Wildman–Crippen LogP) is 3.13. The summed E-state index contributed by atoms with van der Waals surface area (Å²) in [6.07, 6.45) is 2.91. The van der Waals surface area contributed by atoms with E-state index in [-0.39, 0.29) is 5.92 Å². The van der Waals surface area contributed by atoms with Crippen LogP contribution in [0.3, 0.4) is 0 Å². The summed E-state index contributed by atoms with van der Waals surface area (Å²) in [7, 11) is 0. The van der Waals surface area contributed by atoms with E-state index < -0.39 is 12.8 Å². The zero-order valence-corrected chi connectivity index (χ0v) is 7.72. The maximum atomic E-state index is 12.5. The van der Waals surface area contributed by atoms with Gasteiger partial charge in [0.2, 0.25) is 5.97 Å². The predicted molar refractivity (Wildman–Crippen MR) is 47.7 cm³/mol. The number of allylic oxidation sites excluding steroid dienone is 2. The molecule has 0 fully saturated rings. The average molecular weight is 175 g/mol. The van der Waals surface area contributed by atoms with Gasteiger partial charge in [0.05, 0.1) is 0 Å². The molecular formula is C9H15F2N. The van der Waals surface area contributed by atoms with Gasteiger partial charge in [-0.2, -0.15) is 4.39 Å². The Balaban J connectivity index is 3.97. The Morgan fingerprint density at radius 1 is 1.42 bits per heavy atom. The van der Waals surface area contributed by atoms with Crippen molar-refractivity contribution in [2.75, 3.05) is 6.80 Å². The Kier molecular flexibility index (Phi) is 5.51. The van der Waals surface area contributed by atoms with E-state index in [0.717, 1.165) is 0 Å². The Morgan fingerprint density at radius 2 is 2.00 bits per heavy atom. The van der Waals surface area contributed by atoms with Crippen molar-refractivity contribution in [2.24, 2.45) is 16.8 Å². The molecule has 0 aliphatic heterocycles. The van der Waals surface area contributed by atoms with Crippen LogP contribution in [-0.4, -0.2) is 12.8 Å². The molecule has 0 heterocycles. The highest BCUT2D eigenvalue weighted by Gasteiger charge is 2.01. The minimum absolute atomic E-state index is 0.283. The molecule has 0 N–H and O–H groups in total. The molecule has 0 radical (unpaired) electrons. The van der Waals surface area contributed by atoms with E-state index in [2.05, 4.69) is 4.99 Å². The van der Waals surface area contributed by atoms with Gasteiger partial charge < -0.3 is 0 Å². The fraction of sp³-hybridized carbons (Fsp3) is 0.667. The molecule has 70 valence electrons. The van der Waals surface area contributed by atoms with Crippen LogP contribution in [-0.2, 0) is 0 Å². The second-order valence-electron chi connectivity index (χ2n) is 3.06. The lowest BCUT2D eigenvalue weighted by Gasteiger charge is -2.08. The SMILES string of the molecule is CC(C)C(C)/C=C\C(F)=NCF. The topological polar surface area (TPSA) is 12.4 Å². The van der Waals surface area contributed by atoms with E-state index in [0.29, 0.717) is 5.92 Å². The number of nitrogens with zero attached hydrogens (tertiary/aromatic N) is 1. The maximum absolute atomic E-state index is 12.5. The van der Waals surface area contributed by atoms with Crippen LogP contribution in [0.15, 0.2) is 17.1 Å². The zero-order chi connectivity index (χ0) is 9.56. The quantitative estimate of drug-likeness (QED) is 0.460. The largest absolute Gasteiger partial charge is 0.225 e. The van der Waals surface area contributed by atoms with Crippen molar-refractivity contribution in [3.05, 3.63) is 12.2 Å². The van der Waals surface area contributed by atoms with Crippen molar-refractivity contribution < 1.29 is 8.78 Å². The minimum atomic E-state index is -0.994. The summed E-state index contributed by atoms with van der Waals surface area (Å²) < 4.78 is 23.9. The molecule has 1 unspecified atom stereocenters. The van der Waals surface area contributed by atoms with E-state index in [9.17, 15) is 8.78 Å². The summed E-state index contributed by atoms with van der Waals surface area (Å²) in [5, 5.41) is 0. The van der Waals surface area contributed by atoms with Crippen molar-refractivity contribution in [1.82, 2.24) is 0 Å². The highest BCUT2D eigenvalue weighted by atomic mass is 19.1. The molecule has 0 aromatic carbocycles. The summed E-state index contributed by atoms with van der Waals surface area (Å²) >= 11 is 0. The van der Waals surface area contributed by atoms with Gasteiger partial charge in [0.25, 0.3) is 0 Å².